The second-order valence-corrected chi connectivity index (χ2v) is 6.88. The quantitative estimate of drug-likeness (QED) is 0.793. The average molecular weight is 383 g/mol. The highest BCUT2D eigenvalue weighted by atomic mass is 127. The van der Waals surface area contributed by atoms with E-state index >= 15 is 0 Å². The molecule has 0 amide bonds. The van der Waals surface area contributed by atoms with Crippen LogP contribution in [0.2, 0.25) is 5.02 Å². The van der Waals surface area contributed by atoms with E-state index < -0.39 is 12.1 Å². The minimum Gasteiger partial charge on any atom is -0.479 e. The first-order valence-corrected chi connectivity index (χ1v) is 6.99. The lowest BCUT2D eigenvalue weighted by Crippen LogP contribution is -2.31. The number of carbonyl (C=O) groups is 1. The van der Waals surface area contributed by atoms with Crippen molar-refractivity contribution >= 4 is 40.2 Å². The third-order valence-corrected chi connectivity index (χ3v) is 3.31. The molecule has 1 rings (SSSR count). The van der Waals surface area contributed by atoms with Crippen molar-refractivity contribution in [2.45, 2.75) is 33.3 Å². The maximum absolute atomic E-state index is 11.2. The van der Waals surface area contributed by atoms with Crippen LogP contribution in [0.25, 0.3) is 0 Å². The van der Waals surface area contributed by atoms with Gasteiger partial charge in [0, 0.05) is 11.4 Å². The first kappa shape index (κ1) is 15.6. The predicted octanol–water partition coefficient (Wildman–Crippen LogP) is 4.21. The topological polar surface area (TPSA) is 46.5 Å². The Morgan fingerprint density at radius 2 is 2.11 bits per heavy atom. The van der Waals surface area contributed by atoms with Crippen molar-refractivity contribution in [1.29, 1.82) is 0 Å². The van der Waals surface area contributed by atoms with Gasteiger partial charge in [0.15, 0.2) is 6.10 Å². The Labute approximate surface area is 126 Å². The number of halogens is 2. The van der Waals surface area contributed by atoms with Gasteiger partial charge in [-0.3, -0.25) is 0 Å². The van der Waals surface area contributed by atoms with Crippen molar-refractivity contribution in [3.05, 3.63) is 26.8 Å². The number of hydrogen-bond donors (Lipinski definition) is 1. The summed E-state index contributed by atoms with van der Waals surface area (Å²) in [7, 11) is 0. The van der Waals surface area contributed by atoms with Gasteiger partial charge < -0.3 is 9.84 Å². The lowest BCUT2D eigenvalue weighted by molar-refractivity contribution is -0.146. The van der Waals surface area contributed by atoms with Gasteiger partial charge in [0.25, 0.3) is 0 Å². The van der Waals surface area contributed by atoms with Crippen molar-refractivity contribution in [1.82, 2.24) is 0 Å². The van der Waals surface area contributed by atoms with Gasteiger partial charge in [0.05, 0.1) is 3.57 Å². The molecule has 5 heteroatoms. The van der Waals surface area contributed by atoms with Gasteiger partial charge in [-0.1, -0.05) is 32.4 Å². The average Bonchev–Trinajstić information content (AvgIpc) is 2.18. The standard InChI is InChI=1S/C13H16ClIO3/c1-13(2,3)7-11(12(16)17)18-10-5-4-8(14)6-9(10)15/h4-6,11H,7H2,1-3H3,(H,16,17)/t11-/m0/s1. The zero-order valence-electron chi connectivity index (χ0n) is 10.5. The third kappa shape index (κ3) is 5.02. The highest BCUT2D eigenvalue weighted by Gasteiger charge is 2.26. The first-order chi connectivity index (χ1) is 8.19. The summed E-state index contributed by atoms with van der Waals surface area (Å²) in [5.41, 5.74) is -0.110. The summed E-state index contributed by atoms with van der Waals surface area (Å²) >= 11 is 7.92. The van der Waals surface area contributed by atoms with Crippen LogP contribution in [0.5, 0.6) is 5.75 Å². The minimum absolute atomic E-state index is 0.110. The van der Waals surface area contributed by atoms with Crippen LogP contribution in [-0.4, -0.2) is 17.2 Å². The van der Waals surface area contributed by atoms with E-state index in [2.05, 4.69) is 22.6 Å². The monoisotopic (exact) mass is 382 g/mol. The van der Waals surface area contributed by atoms with Crippen LogP contribution in [0, 0.1) is 8.99 Å². The van der Waals surface area contributed by atoms with E-state index in [1.165, 1.54) is 0 Å². The molecular weight excluding hydrogens is 366 g/mol. The number of benzene rings is 1. The normalized spacial score (nSPS) is 13.2. The molecule has 100 valence electrons. The number of rotatable bonds is 4. The van der Waals surface area contributed by atoms with Gasteiger partial charge in [-0.2, -0.15) is 0 Å². The molecule has 1 aromatic carbocycles. The molecule has 1 atom stereocenters. The zero-order chi connectivity index (χ0) is 13.9. The number of ether oxygens (including phenoxy) is 1. The maximum atomic E-state index is 11.2. The molecule has 0 aliphatic carbocycles. The smallest absolute Gasteiger partial charge is 0.344 e. The van der Waals surface area contributed by atoms with E-state index in [4.69, 9.17) is 16.3 Å². The van der Waals surface area contributed by atoms with Crippen molar-refractivity contribution in [3.63, 3.8) is 0 Å². The Morgan fingerprint density at radius 3 is 2.56 bits per heavy atom. The summed E-state index contributed by atoms with van der Waals surface area (Å²) in [6.45, 7) is 5.96. The molecule has 3 nitrogen and oxygen atoms in total. The molecule has 18 heavy (non-hydrogen) atoms. The van der Waals surface area contributed by atoms with Gasteiger partial charge in [-0.25, -0.2) is 4.79 Å². The molecule has 0 saturated carbocycles. The number of hydrogen-bond acceptors (Lipinski definition) is 2. The van der Waals surface area contributed by atoms with Crippen molar-refractivity contribution in [3.8, 4) is 5.75 Å². The molecule has 0 heterocycles. The van der Waals surface area contributed by atoms with E-state index in [1.54, 1.807) is 18.2 Å². The van der Waals surface area contributed by atoms with Gasteiger partial charge in [-0.15, -0.1) is 0 Å². The second kappa shape index (κ2) is 6.10. The fourth-order valence-electron chi connectivity index (χ4n) is 1.46. The molecule has 0 spiro atoms. The van der Waals surface area contributed by atoms with E-state index in [0.717, 1.165) is 3.57 Å². The highest BCUT2D eigenvalue weighted by molar-refractivity contribution is 14.1. The van der Waals surface area contributed by atoms with Crippen LogP contribution < -0.4 is 4.74 Å². The Kier molecular flexibility index (Phi) is 5.28. The van der Waals surface area contributed by atoms with E-state index in [-0.39, 0.29) is 5.41 Å². The van der Waals surface area contributed by atoms with E-state index in [1.807, 2.05) is 20.8 Å². The highest BCUT2D eigenvalue weighted by Crippen LogP contribution is 2.28. The summed E-state index contributed by atoms with van der Waals surface area (Å²) in [5, 5.41) is 9.80. The number of carboxylic acid groups (broad SMARTS) is 1. The SMILES string of the molecule is CC(C)(C)C[C@H](Oc1ccc(Cl)cc1I)C(=O)O. The van der Waals surface area contributed by atoms with Crippen molar-refractivity contribution in [2.24, 2.45) is 5.41 Å². The van der Waals surface area contributed by atoms with Crippen LogP contribution in [-0.2, 0) is 4.79 Å². The number of carboxylic acids is 1. The molecule has 0 unspecified atom stereocenters. The fraction of sp³-hybridized carbons (Fsp3) is 0.462. The van der Waals surface area contributed by atoms with Gasteiger partial charge in [0.1, 0.15) is 5.75 Å². The Balaban J connectivity index is 2.87. The van der Waals surface area contributed by atoms with Crippen molar-refractivity contribution in [2.75, 3.05) is 0 Å². The second-order valence-electron chi connectivity index (χ2n) is 5.28. The molecule has 0 bridgehead atoms. The predicted molar refractivity (Wildman–Crippen MR) is 80.3 cm³/mol. The molecular formula is C13H16ClIO3. The van der Waals surface area contributed by atoms with Crippen LogP contribution in [0.15, 0.2) is 18.2 Å². The van der Waals surface area contributed by atoms with E-state index in [0.29, 0.717) is 17.2 Å². The van der Waals surface area contributed by atoms with Crippen molar-refractivity contribution < 1.29 is 14.6 Å². The summed E-state index contributed by atoms with van der Waals surface area (Å²) in [4.78, 5) is 11.2. The fourth-order valence-corrected chi connectivity index (χ4v) is 2.46. The molecule has 1 N–H and O–H groups in total. The molecule has 0 aliphatic heterocycles. The largest absolute Gasteiger partial charge is 0.479 e. The van der Waals surface area contributed by atoms with Crippen LogP contribution in [0.3, 0.4) is 0 Å². The zero-order valence-corrected chi connectivity index (χ0v) is 13.4. The molecule has 0 aromatic heterocycles. The van der Waals surface area contributed by atoms with Crippen LogP contribution in [0.4, 0.5) is 0 Å². The minimum atomic E-state index is -0.948. The Hall–Kier alpha value is -0.490. The molecule has 0 fully saturated rings. The Morgan fingerprint density at radius 1 is 1.50 bits per heavy atom. The molecule has 0 aliphatic rings. The van der Waals surface area contributed by atoms with Crippen LogP contribution in [0.1, 0.15) is 27.2 Å². The molecule has 1 aromatic rings. The van der Waals surface area contributed by atoms with Crippen LogP contribution >= 0.6 is 34.2 Å². The third-order valence-electron chi connectivity index (χ3n) is 2.24. The van der Waals surface area contributed by atoms with E-state index in [9.17, 15) is 9.90 Å². The van der Waals surface area contributed by atoms with Gasteiger partial charge >= 0.3 is 5.97 Å². The van der Waals surface area contributed by atoms with Gasteiger partial charge in [-0.05, 0) is 46.2 Å². The summed E-state index contributed by atoms with van der Waals surface area (Å²) < 4.78 is 6.38. The lowest BCUT2D eigenvalue weighted by Gasteiger charge is -2.24. The molecule has 0 radical (unpaired) electrons. The molecule has 0 saturated heterocycles. The summed E-state index contributed by atoms with van der Waals surface area (Å²) in [6, 6.07) is 5.13. The Bertz CT molecular complexity index is 440. The van der Waals surface area contributed by atoms with Gasteiger partial charge in [0.2, 0.25) is 0 Å². The summed E-state index contributed by atoms with van der Waals surface area (Å²) in [5.74, 6) is -0.396. The number of aliphatic carboxylic acids is 1. The maximum Gasteiger partial charge on any atom is 0.344 e. The summed E-state index contributed by atoms with van der Waals surface area (Å²) in [6.07, 6.45) is -0.402. The first-order valence-electron chi connectivity index (χ1n) is 5.53. The lowest BCUT2D eigenvalue weighted by atomic mass is 9.89.